The molecule has 0 aliphatic heterocycles. The van der Waals surface area contributed by atoms with E-state index in [2.05, 4.69) is 206 Å². The van der Waals surface area contributed by atoms with Crippen LogP contribution in [0.1, 0.15) is 33.4 Å². The molecule has 0 spiro atoms. The summed E-state index contributed by atoms with van der Waals surface area (Å²) in [7, 11) is -1.34. The number of aromatic nitrogens is 3. The number of hydrogen-bond donors (Lipinski definition) is 2. The van der Waals surface area contributed by atoms with E-state index in [1.165, 1.54) is 93.7 Å². The fourth-order valence-electron chi connectivity index (χ4n) is 8.11. The molecule has 0 unspecified atom stereocenters. The highest BCUT2D eigenvalue weighted by molar-refractivity contribution is 14.1. The van der Waals surface area contributed by atoms with Crippen molar-refractivity contribution in [1.82, 2.24) is 15.0 Å². The topological polar surface area (TPSA) is 79.1 Å². The molecule has 67 heavy (non-hydrogen) atoms. The van der Waals surface area contributed by atoms with Gasteiger partial charge in [-0.25, -0.2) is 0 Å². The molecule has 0 bridgehead atoms. The van der Waals surface area contributed by atoms with Crippen LogP contribution in [0.5, 0.6) is 0 Å². The van der Waals surface area contributed by atoms with Crippen LogP contribution in [-0.4, -0.2) is 32.1 Å². The zero-order valence-corrected chi connectivity index (χ0v) is 42.8. The molecule has 10 heteroatoms. The fourth-order valence-corrected chi connectivity index (χ4v) is 12.1. The maximum Gasteiger partial charge on any atom is 0.488 e. The van der Waals surface area contributed by atoms with Gasteiger partial charge >= 0.3 is 7.12 Å². The molecular formula is C57H49BIN3O2S3. The van der Waals surface area contributed by atoms with Gasteiger partial charge in [-0.05, 0) is 169 Å². The first-order valence-corrected chi connectivity index (χ1v) is 25.4. The number of hydrogen-bond acceptors (Lipinski definition) is 8. The quantitative estimate of drug-likeness (QED) is 0.133. The van der Waals surface area contributed by atoms with Crippen molar-refractivity contribution in [2.45, 2.75) is 41.5 Å². The minimum absolute atomic E-state index is 0.525. The Kier molecular flexibility index (Phi) is 15.5. The van der Waals surface area contributed by atoms with E-state index in [1.807, 2.05) is 47.3 Å². The van der Waals surface area contributed by atoms with Gasteiger partial charge in [0.2, 0.25) is 0 Å². The van der Waals surface area contributed by atoms with Gasteiger partial charge in [-0.3, -0.25) is 15.0 Å². The summed E-state index contributed by atoms with van der Waals surface area (Å²) in [6, 6.07) is 51.9. The van der Waals surface area contributed by atoms with Crippen molar-refractivity contribution < 1.29 is 10.0 Å². The monoisotopic (exact) mass is 1040 g/mol. The first kappa shape index (κ1) is 47.6. The van der Waals surface area contributed by atoms with Crippen molar-refractivity contribution in [3.8, 4) is 44.2 Å². The van der Waals surface area contributed by atoms with Crippen LogP contribution in [0.4, 0.5) is 0 Å². The predicted octanol–water partition coefficient (Wildman–Crippen LogP) is 15.4. The maximum atomic E-state index is 8.58. The largest absolute Gasteiger partial charge is 0.488 e. The van der Waals surface area contributed by atoms with E-state index >= 15 is 0 Å². The third kappa shape index (κ3) is 12.0. The molecule has 6 aromatic heterocycles. The van der Waals surface area contributed by atoms with Gasteiger partial charge in [0.05, 0.1) is 34.1 Å². The second-order valence-corrected chi connectivity index (χ2v) is 21.5. The molecule has 0 amide bonds. The number of aryl methyl sites for hydroxylation is 6. The summed E-state index contributed by atoms with van der Waals surface area (Å²) in [5.41, 5.74) is 16.4. The Balaban J connectivity index is 0.000000126. The van der Waals surface area contributed by atoms with E-state index in [0.717, 1.165) is 17.1 Å². The van der Waals surface area contributed by atoms with Gasteiger partial charge in [0.15, 0.2) is 0 Å². The molecule has 332 valence electrons. The standard InChI is InChI=1S/C21H17NS.C15H12INS.C15H13NS.C6H7BO2/c1-14-10-15(2)12-18(11-14)20-21-17(8-9-22-20)13-19(23-21)16-6-4-3-5-7-16;1-9-5-10(2)7-12(6-9)14-15-11(3-4-17-14)8-13(16)18-15;1-10-7-11(2)9-13(8-10)14-15-12(3-5-16-14)4-6-17-15;8-7(9)6-4-2-1-3-5-6/h3-13H,1-2H3;3-8H,1-2H3;3-9H,1-2H3;1-5,8-9H. The second-order valence-electron chi connectivity index (χ2n) is 16.6. The summed E-state index contributed by atoms with van der Waals surface area (Å²) in [6.45, 7) is 12.8. The van der Waals surface area contributed by atoms with Crippen molar-refractivity contribution in [3.05, 3.63) is 212 Å². The number of fused-ring (bicyclic) bond motifs is 3. The van der Waals surface area contributed by atoms with Gasteiger partial charge in [-0.15, -0.1) is 34.0 Å². The molecule has 11 rings (SSSR count). The Bertz CT molecular complexity index is 3380. The Morgan fingerprint density at radius 2 is 0.836 bits per heavy atom. The van der Waals surface area contributed by atoms with Gasteiger partial charge in [0, 0.05) is 40.2 Å². The van der Waals surface area contributed by atoms with E-state index in [1.54, 1.807) is 35.6 Å². The van der Waals surface area contributed by atoms with E-state index in [4.69, 9.17) is 10.0 Å². The van der Waals surface area contributed by atoms with Gasteiger partial charge in [0.25, 0.3) is 0 Å². The molecule has 0 aliphatic rings. The van der Waals surface area contributed by atoms with Crippen molar-refractivity contribution in [2.24, 2.45) is 0 Å². The molecule has 5 aromatic carbocycles. The number of rotatable bonds is 5. The highest BCUT2D eigenvalue weighted by Gasteiger charge is 2.13. The van der Waals surface area contributed by atoms with E-state index in [0.29, 0.717) is 5.46 Å². The predicted molar refractivity (Wildman–Crippen MR) is 298 cm³/mol. The van der Waals surface area contributed by atoms with E-state index < -0.39 is 7.12 Å². The average molecular weight is 1040 g/mol. The molecule has 0 atom stereocenters. The zero-order valence-electron chi connectivity index (χ0n) is 38.2. The summed E-state index contributed by atoms with van der Waals surface area (Å²) in [6.07, 6.45) is 5.71. The van der Waals surface area contributed by atoms with Crippen LogP contribution in [0.25, 0.3) is 74.5 Å². The van der Waals surface area contributed by atoms with Gasteiger partial charge in [0.1, 0.15) is 0 Å². The van der Waals surface area contributed by atoms with Crippen LogP contribution in [0.2, 0.25) is 0 Å². The summed E-state index contributed by atoms with van der Waals surface area (Å²) in [5.74, 6) is 0. The third-order valence-electron chi connectivity index (χ3n) is 10.8. The lowest BCUT2D eigenvalue weighted by Crippen LogP contribution is -2.29. The number of benzene rings is 5. The third-order valence-corrected chi connectivity index (χ3v) is 14.9. The molecule has 6 heterocycles. The highest BCUT2D eigenvalue weighted by atomic mass is 127. The SMILES string of the molecule is Cc1cc(C)cc(-c2nccc3cc(-c4ccccc4)sc23)c1.Cc1cc(C)cc(-c2nccc3cc(I)sc23)c1.Cc1cc(C)cc(-c2nccc3ccsc23)c1.OB(O)c1ccccc1. The molecule has 11 aromatic rings. The van der Waals surface area contributed by atoms with Crippen molar-refractivity contribution in [1.29, 1.82) is 0 Å². The second kappa shape index (κ2) is 21.8. The minimum Gasteiger partial charge on any atom is -0.423 e. The molecule has 0 aliphatic carbocycles. The number of pyridine rings is 3. The first-order chi connectivity index (χ1) is 32.4. The lowest BCUT2D eigenvalue weighted by Gasteiger charge is -2.05. The summed E-state index contributed by atoms with van der Waals surface area (Å²) >= 11 is 7.76. The Morgan fingerprint density at radius 3 is 1.30 bits per heavy atom. The number of nitrogens with zero attached hydrogens (tertiary/aromatic N) is 3. The van der Waals surface area contributed by atoms with Crippen LogP contribution >= 0.6 is 56.6 Å². The molecule has 2 N–H and O–H groups in total. The van der Waals surface area contributed by atoms with Crippen molar-refractivity contribution in [3.63, 3.8) is 0 Å². The molecule has 0 fully saturated rings. The lowest BCUT2D eigenvalue weighted by atomic mass is 9.81. The van der Waals surface area contributed by atoms with Crippen molar-refractivity contribution >= 4 is 99.4 Å². The lowest BCUT2D eigenvalue weighted by molar-refractivity contribution is 0.426. The zero-order chi connectivity index (χ0) is 47.0. The minimum atomic E-state index is -1.34. The smallest absolute Gasteiger partial charge is 0.423 e. The Morgan fingerprint density at radius 1 is 0.418 bits per heavy atom. The summed E-state index contributed by atoms with van der Waals surface area (Å²) in [4.78, 5) is 15.1. The maximum absolute atomic E-state index is 8.58. The van der Waals surface area contributed by atoms with Crippen LogP contribution in [0, 0.1) is 44.4 Å². The average Bonchev–Trinajstić information content (AvgIpc) is 4.07. The first-order valence-electron chi connectivity index (χ1n) is 21.9. The van der Waals surface area contributed by atoms with Crippen LogP contribution in [0.15, 0.2) is 176 Å². The Hall–Kier alpha value is -5.86. The van der Waals surface area contributed by atoms with Gasteiger partial charge < -0.3 is 10.0 Å². The van der Waals surface area contributed by atoms with Gasteiger partial charge in [-0.1, -0.05) is 112 Å². The number of thiophene rings is 3. The Labute approximate surface area is 418 Å². The molecule has 0 radical (unpaired) electrons. The number of halogens is 1. The highest BCUT2D eigenvalue weighted by Crippen LogP contribution is 2.39. The molecular weight excluding hydrogens is 993 g/mol. The molecule has 0 saturated carbocycles. The molecule has 5 nitrogen and oxygen atoms in total. The van der Waals surface area contributed by atoms with E-state index in [-0.39, 0.29) is 0 Å². The normalized spacial score (nSPS) is 10.8. The van der Waals surface area contributed by atoms with Crippen LogP contribution < -0.4 is 5.46 Å². The van der Waals surface area contributed by atoms with Crippen LogP contribution in [-0.2, 0) is 0 Å². The van der Waals surface area contributed by atoms with E-state index in [9.17, 15) is 0 Å². The fraction of sp³-hybridized carbons (Fsp3) is 0.105. The van der Waals surface area contributed by atoms with Gasteiger partial charge in [-0.2, -0.15) is 0 Å². The van der Waals surface area contributed by atoms with Crippen molar-refractivity contribution in [2.75, 3.05) is 0 Å². The molecule has 0 saturated heterocycles. The van der Waals surface area contributed by atoms with Crippen LogP contribution in [0.3, 0.4) is 0 Å². The summed E-state index contributed by atoms with van der Waals surface area (Å²) in [5, 5.41) is 23.1. The summed E-state index contributed by atoms with van der Waals surface area (Å²) < 4.78 is 5.13.